The quantitative estimate of drug-likeness (QED) is 0.881. The summed E-state index contributed by atoms with van der Waals surface area (Å²) in [5.74, 6) is 0. The van der Waals surface area contributed by atoms with Gasteiger partial charge in [-0.15, -0.1) is 0 Å². The Balaban J connectivity index is 2.09. The molecule has 0 aliphatic carbocycles. The lowest BCUT2D eigenvalue weighted by atomic mass is 9.87. The number of anilines is 1. The topological polar surface area (TPSA) is 42.1 Å². The number of aryl methyl sites for hydroxylation is 1. The van der Waals surface area contributed by atoms with Gasteiger partial charge in [0, 0.05) is 18.4 Å². The number of halogens is 2. The second-order valence-electron chi connectivity index (χ2n) is 6.15. The van der Waals surface area contributed by atoms with Crippen molar-refractivity contribution in [2.75, 3.05) is 18.8 Å². The van der Waals surface area contributed by atoms with Gasteiger partial charge in [-0.2, -0.15) is 0 Å². The number of nitrogen functional groups attached to an aromatic ring is 1. The third-order valence-corrected chi connectivity index (χ3v) is 4.57. The fourth-order valence-electron chi connectivity index (χ4n) is 3.33. The summed E-state index contributed by atoms with van der Waals surface area (Å²) in [7, 11) is 0. The number of fused-ring (bicyclic) bond motifs is 1. The molecule has 0 bridgehead atoms. The summed E-state index contributed by atoms with van der Waals surface area (Å²) in [6.45, 7) is 4.30. The van der Waals surface area contributed by atoms with Crippen molar-refractivity contribution < 1.29 is 8.78 Å². The van der Waals surface area contributed by atoms with E-state index in [9.17, 15) is 8.78 Å². The van der Waals surface area contributed by atoms with Gasteiger partial charge in [0.1, 0.15) is 0 Å². The Morgan fingerprint density at radius 3 is 2.70 bits per heavy atom. The summed E-state index contributed by atoms with van der Waals surface area (Å²) in [6.07, 6.45) is 0.162. The van der Waals surface area contributed by atoms with Gasteiger partial charge in [0.2, 0.25) is 0 Å². The summed E-state index contributed by atoms with van der Waals surface area (Å²) in [6, 6.07) is 7.48. The van der Waals surface area contributed by atoms with Crippen molar-refractivity contribution in [3.63, 3.8) is 0 Å². The van der Waals surface area contributed by atoms with Crippen molar-refractivity contribution in [2.24, 2.45) is 0 Å². The lowest BCUT2D eigenvalue weighted by Gasteiger charge is -2.37. The number of hydrogen-bond donors (Lipinski definition) is 1. The fourth-order valence-corrected chi connectivity index (χ4v) is 3.33. The maximum Gasteiger partial charge on any atom is 0.251 e. The maximum atomic E-state index is 13.0. The van der Waals surface area contributed by atoms with Gasteiger partial charge in [-0.25, -0.2) is 8.78 Å². The number of benzene rings is 1. The van der Waals surface area contributed by atoms with Crippen LogP contribution in [0.1, 0.15) is 34.0 Å². The number of aromatic nitrogens is 1. The van der Waals surface area contributed by atoms with Crippen LogP contribution in [0.3, 0.4) is 0 Å². The number of rotatable bonds is 3. The van der Waals surface area contributed by atoms with E-state index in [1.54, 1.807) is 6.20 Å². The summed E-state index contributed by atoms with van der Waals surface area (Å²) in [5, 5.41) is 0. The molecule has 0 spiro atoms. The molecule has 1 atom stereocenters. The Morgan fingerprint density at radius 2 is 2.04 bits per heavy atom. The molecule has 1 aromatic carbocycles. The molecule has 1 aliphatic heterocycles. The molecule has 5 heteroatoms. The van der Waals surface area contributed by atoms with E-state index in [0.29, 0.717) is 6.54 Å². The van der Waals surface area contributed by atoms with Gasteiger partial charge in [-0.3, -0.25) is 9.88 Å². The molecular formula is C18H21F2N3. The van der Waals surface area contributed by atoms with Gasteiger partial charge in [0.25, 0.3) is 6.43 Å². The Kier molecular flexibility index (Phi) is 4.31. The molecule has 122 valence electrons. The molecule has 23 heavy (non-hydrogen) atoms. The largest absolute Gasteiger partial charge is 0.399 e. The first-order valence-electron chi connectivity index (χ1n) is 7.80. The van der Waals surface area contributed by atoms with Crippen LogP contribution in [-0.2, 0) is 6.42 Å². The minimum absolute atomic E-state index is 0.243. The molecule has 0 saturated heterocycles. The average molecular weight is 317 g/mol. The highest BCUT2D eigenvalue weighted by Gasteiger charge is 2.32. The van der Waals surface area contributed by atoms with Crippen molar-refractivity contribution in [1.82, 2.24) is 9.88 Å². The molecular weight excluding hydrogens is 296 g/mol. The Morgan fingerprint density at radius 1 is 1.26 bits per heavy atom. The zero-order chi connectivity index (χ0) is 16.6. The highest BCUT2D eigenvalue weighted by molar-refractivity contribution is 5.55. The zero-order valence-electron chi connectivity index (χ0n) is 13.4. The van der Waals surface area contributed by atoms with Crippen LogP contribution in [0.5, 0.6) is 0 Å². The number of nitrogens with two attached hydrogens (primary N) is 1. The molecule has 1 unspecified atom stereocenters. The van der Waals surface area contributed by atoms with Gasteiger partial charge in [0.15, 0.2) is 0 Å². The monoisotopic (exact) mass is 317 g/mol. The van der Waals surface area contributed by atoms with Crippen molar-refractivity contribution >= 4 is 5.69 Å². The van der Waals surface area contributed by atoms with E-state index in [4.69, 9.17) is 5.73 Å². The van der Waals surface area contributed by atoms with Gasteiger partial charge in [-0.1, -0.05) is 12.1 Å². The molecule has 2 aromatic rings. The lowest BCUT2D eigenvalue weighted by molar-refractivity contribution is 0.0694. The SMILES string of the molecule is Cc1ccc(C2c3ccc(N)c(C)c3CCN2CC(F)F)nc1. The second-order valence-corrected chi connectivity index (χ2v) is 6.15. The smallest absolute Gasteiger partial charge is 0.251 e. The minimum Gasteiger partial charge on any atom is -0.399 e. The summed E-state index contributed by atoms with van der Waals surface area (Å²) >= 11 is 0. The summed E-state index contributed by atoms with van der Waals surface area (Å²) in [5.41, 5.74) is 11.9. The third-order valence-electron chi connectivity index (χ3n) is 4.57. The van der Waals surface area contributed by atoms with Crippen molar-refractivity contribution in [2.45, 2.75) is 32.7 Å². The van der Waals surface area contributed by atoms with Crippen LogP contribution in [0.25, 0.3) is 0 Å². The molecule has 0 saturated carbocycles. The van der Waals surface area contributed by atoms with Crippen molar-refractivity contribution in [3.05, 3.63) is 58.4 Å². The first-order valence-corrected chi connectivity index (χ1v) is 7.80. The van der Waals surface area contributed by atoms with Crippen LogP contribution >= 0.6 is 0 Å². The van der Waals surface area contributed by atoms with E-state index in [1.165, 1.54) is 5.56 Å². The van der Waals surface area contributed by atoms with Gasteiger partial charge < -0.3 is 5.73 Å². The lowest BCUT2D eigenvalue weighted by Crippen LogP contribution is -2.39. The molecule has 0 radical (unpaired) electrons. The van der Waals surface area contributed by atoms with Gasteiger partial charge in [0.05, 0.1) is 18.3 Å². The minimum atomic E-state index is -2.36. The van der Waals surface area contributed by atoms with Crippen LogP contribution in [0.2, 0.25) is 0 Å². The predicted molar refractivity (Wildman–Crippen MR) is 87.7 cm³/mol. The Hall–Kier alpha value is -2.01. The standard InChI is InChI=1S/C18H21F2N3/c1-11-3-6-16(22-9-11)18-14-4-5-15(21)12(2)13(14)7-8-23(18)10-17(19)20/h3-6,9,17-18H,7-8,10,21H2,1-2H3. The predicted octanol–water partition coefficient (Wildman–Crippen LogP) is 3.49. The van der Waals surface area contributed by atoms with Crippen LogP contribution in [0, 0.1) is 13.8 Å². The maximum absolute atomic E-state index is 13.0. The van der Waals surface area contributed by atoms with E-state index in [-0.39, 0.29) is 12.6 Å². The zero-order valence-corrected chi connectivity index (χ0v) is 13.4. The number of hydrogen-bond acceptors (Lipinski definition) is 3. The highest BCUT2D eigenvalue weighted by atomic mass is 19.3. The third kappa shape index (κ3) is 3.06. The molecule has 3 nitrogen and oxygen atoms in total. The molecule has 3 rings (SSSR count). The molecule has 2 N–H and O–H groups in total. The van der Waals surface area contributed by atoms with E-state index in [2.05, 4.69) is 4.98 Å². The van der Waals surface area contributed by atoms with Crippen LogP contribution in [0.15, 0.2) is 30.5 Å². The summed E-state index contributed by atoms with van der Waals surface area (Å²) < 4.78 is 26.0. The highest BCUT2D eigenvalue weighted by Crippen LogP contribution is 2.37. The number of pyridine rings is 1. The first kappa shape index (κ1) is 15.9. The van der Waals surface area contributed by atoms with Crippen molar-refractivity contribution in [1.29, 1.82) is 0 Å². The van der Waals surface area contributed by atoms with Gasteiger partial charge in [-0.05, 0) is 54.7 Å². The van der Waals surface area contributed by atoms with E-state index in [1.807, 2.05) is 43.0 Å². The molecule has 1 aliphatic rings. The van der Waals surface area contributed by atoms with Crippen LogP contribution in [-0.4, -0.2) is 29.4 Å². The normalized spacial score (nSPS) is 18.2. The Bertz CT molecular complexity index is 698. The number of nitrogens with zero attached hydrogens (tertiary/aromatic N) is 2. The molecule has 2 heterocycles. The van der Waals surface area contributed by atoms with Gasteiger partial charge >= 0.3 is 0 Å². The first-order chi connectivity index (χ1) is 11.0. The van der Waals surface area contributed by atoms with Crippen LogP contribution in [0.4, 0.5) is 14.5 Å². The van der Waals surface area contributed by atoms with Crippen molar-refractivity contribution in [3.8, 4) is 0 Å². The average Bonchev–Trinajstić information content (AvgIpc) is 2.51. The summed E-state index contributed by atoms with van der Waals surface area (Å²) in [4.78, 5) is 6.31. The second kappa shape index (κ2) is 6.24. The molecule has 1 aromatic heterocycles. The number of alkyl halides is 2. The Labute approximate surface area is 135 Å². The molecule has 0 amide bonds. The van der Waals surface area contributed by atoms with Crippen LogP contribution < -0.4 is 5.73 Å². The van der Waals surface area contributed by atoms with E-state index < -0.39 is 6.43 Å². The molecule has 0 fully saturated rings. The van der Waals surface area contributed by atoms with E-state index in [0.717, 1.165) is 34.5 Å². The fraction of sp³-hybridized carbons (Fsp3) is 0.389. The van der Waals surface area contributed by atoms with E-state index >= 15 is 0 Å².